The fraction of sp³-hybridized carbons (Fsp3) is 0.524. The second-order valence-electron chi connectivity index (χ2n) is 8.39. The minimum Gasteiger partial charge on any atom is -0.408 e. The first kappa shape index (κ1) is 19.6. The largest absolute Gasteiger partial charge is 0.419 e. The molecule has 0 unspecified atom stereocenters. The highest BCUT2D eigenvalue weighted by Crippen LogP contribution is 2.33. The third-order valence-corrected chi connectivity index (χ3v) is 8.50. The standard InChI is InChI=1S/C21H26N4O4S/c1-23-19-12-15(10-11-20(19)29-21(23)26)30(27,28)25(14-6-3-4-7-14)13-17-16-8-5-9-18(16)24(2)22-17/h10-12,14H,3-9,13H2,1-2H3. The third-order valence-electron chi connectivity index (χ3n) is 6.61. The van der Waals surface area contributed by atoms with Crippen molar-refractivity contribution in [2.24, 2.45) is 14.1 Å². The number of hydrogen-bond donors (Lipinski definition) is 0. The van der Waals surface area contributed by atoms with E-state index in [0.717, 1.165) is 50.6 Å². The topological polar surface area (TPSA) is 90.3 Å². The van der Waals surface area contributed by atoms with Crippen molar-refractivity contribution in [1.29, 1.82) is 0 Å². The van der Waals surface area contributed by atoms with Crippen LogP contribution in [0, 0.1) is 0 Å². The minimum absolute atomic E-state index is 0.0297. The summed E-state index contributed by atoms with van der Waals surface area (Å²) in [6.45, 7) is 0.290. The molecule has 8 nitrogen and oxygen atoms in total. The molecule has 2 aliphatic carbocycles. The molecular weight excluding hydrogens is 404 g/mol. The number of fused-ring (bicyclic) bond motifs is 2. The Kier molecular flexibility index (Phi) is 4.62. The first-order valence-electron chi connectivity index (χ1n) is 10.5. The highest BCUT2D eigenvalue weighted by atomic mass is 32.2. The zero-order chi connectivity index (χ0) is 21.0. The van der Waals surface area contributed by atoms with Gasteiger partial charge in [0, 0.05) is 25.8 Å². The van der Waals surface area contributed by atoms with Crippen LogP contribution in [0.2, 0.25) is 0 Å². The lowest BCUT2D eigenvalue weighted by Crippen LogP contribution is -2.38. The van der Waals surface area contributed by atoms with Crippen LogP contribution >= 0.6 is 0 Å². The minimum atomic E-state index is -3.76. The summed E-state index contributed by atoms with van der Waals surface area (Å²) in [5.74, 6) is -0.503. The maximum Gasteiger partial charge on any atom is 0.419 e. The van der Waals surface area contributed by atoms with Gasteiger partial charge < -0.3 is 4.42 Å². The van der Waals surface area contributed by atoms with Gasteiger partial charge in [0.1, 0.15) is 0 Å². The molecule has 0 N–H and O–H groups in total. The van der Waals surface area contributed by atoms with Crippen LogP contribution in [0.1, 0.15) is 49.1 Å². The molecule has 2 heterocycles. The molecule has 0 atom stereocenters. The fourth-order valence-electron chi connectivity index (χ4n) is 4.98. The molecule has 160 valence electrons. The van der Waals surface area contributed by atoms with E-state index >= 15 is 0 Å². The fourth-order valence-corrected chi connectivity index (χ4v) is 6.64. The van der Waals surface area contributed by atoms with Gasteiger partial charge in [-0.3, -0.25) is 9.25 Å². The lowest BCUT2D eigenvalue weighted by molar-refractivity contribution is 0.311. The van der Waals surface area contributed by atoms with Crippen LogP contribution in [0.25, 0.3) is 11.1 Å². The predicted octanol–water partition coefficient (Wildman–Crippen LogP) is 2.49. The van der Waals surface area contributed by atoms with E-state index in [1.807, 2.05) is 11.7 Å². The van der Waals surface area contributed by atoms with Crippen LogP contribution in [-0.4, -0.2) is 33.1 Å². The van der Waals surface area contributed by atoms with Crippen LogP contribution in [-0.2, 0) is 43.5 Å². The molecular formula is C21H26N4O4S. The summed E-state index contributed by atoms with van der Waals surface area (Å²) in [5.41, 5.74) is 4.17. The number of rotatable bonds is 5. The number of nitrogens with zero attached hydrogens (tertiary/aromatic N) is 4. The van der Waals surface area contributed by atoms with E-state index < -0.39 is 15.8 Å². The van der Waals surface area contributed by atoms with Gasteiger partial charge in [-0.15, -0.1) is 0 Å². The molecule has 1 fully saturated rings. The number of aryl methyl sites for hydroxylation is 2. The van der Waals surface area contributed by atoms with Gasteiger partial charge in [-0.2, -0.15) is 9.40 Å². The highest BCUT2D eigenvalue weighted by Gasteiger charge is 2.35. The van der Waals surface area contributed by atoms with Gasteiger partial charge in [0.15, 0.2) is 5.58 Å². The van der Waals surface area contributed by atoms with E-state index in [1.54, 1.807) is 23.5 Å². The second-order valence-corrected chi connectivity index (χ2v) is 10.3. The number of aromatic nitrogens is 3. The molecule has 0 amide bonds. The van der Waals surface area contributed by atoms with Gasteiger partial charge in [-0.05, 0) is 55.9 Å². The normalized spacial score (nSPS) is 17.4. The summed E-state index contributed by atoms with van der Waals surface area (Å²) >= 11 is 0. The van der Waals surface area contributed by atoms with Crippen molar-refractivity contribution in [3.8, 4) is 0 Å². The molecule has 0 aliphatic heterocycles. The summed E-state index contributed by atoms with van der Waals surface area (Å²) < 4.78 is 37.6. The molecule has 3 aromatic rings. The zero-order valence-corrected chi connectivity index (χ0v) is 18.1. The Labute approximate surface area is 175 Å². The van der Waals surface area contributed by atoms with Gasteiger partial charge in [0.2, 0.25) is 10.0 Å². The molecule has 1 saturated carbocycles. The Morgan fingerprint density at radius 1 is 1.17 bits per heavy atom. The molecule has 2 aliphatic rings. The maximum absolute atomic E-state index is 13.8. The van der Waals surface area contributed by atoms with Crippen LogP contribution in [0.3, 0.4) is 0 Å². The average Bonchev–Trinajstić information content (AvgIpc) is 3.49. The lowest BCUT2D eigenvalue weighted by atomic mass is 10.2. The van der Waals surface area contributed by atoms with E-state index in [-0.39, 0.29) is 10.9 Å². The quantitative estimate of drug-likeness (QED) is 0.620. The number of hydrogen-bond acceptors (Lipinski definition) is 5. The Morgan fingerprint density at radius 2 is 1.93 bits per heavy atom. The van der Waals surface area contributed by atoms with E-state index in [2.05, 4.69) is 5.10 Å². The summed E-state index contributed by atoms with van der Waals surface area (Å²) in [6.07, 6.45) is 6.84. The molecule has 2 aromatic heterocycles. The number of benzene rings is 1. The first-order valence-corrected chi connectivity index (χ1v) is 12.0. The van der Waals surface area contributed by atoms with Crippen molar-refractivity contribution < 1.29 is 12.8 Å². The van der Waals surface area contributed by atoms with E-state index in [0.29, 0.717) is 17.6 Å². The van der Waals surface area contributed by atoms with Crippen LogP contribution < -0.4 is 5.76 Å². The molecule has 0 saturated heterocycles. The van der Waals surface area contributed by atoms with Crippen LogP contribution in [0.4, 0.5) is 0 Å². The molecule has 5 rings (SSSR count). The van der Waals surface area contributed by atoms with Crippen LogP contribution in [0.5, 0.6) is 0 Å². The van der Waals surface area contributed by atoms with Gasteiger partial charge in [0.05, 0.1) is 22.7 Å². The summed E-state index contributed by atoms with van der Waals surface area (Å²) in [4.78, 5) is 12.0. The summed E-state index contributed by atoms with van der Waals surface area (Å²) in [7, 11) is -0.243. The molecule has 1 aromatic carbocycles. The SMILES string of the molecule is Cn1nc(CN(C2CCCC2)S(=O)(=O)c2ccc3oc(=O)n(C)c3c2)c2c1CCC2. The van der Waals surface area contributed by atoms with Crippen molar-refractivity contribution in [3.05, 3.63) is 45.7 Å². The van der Waals surface area contributed by atoms with E-state index in [4.69, 9.17) is 4.42 Å². The molecule has 9 heteroatoms. The first-order chi connectivity index (χ1) is 14.4. The Morgan fingerprint density at radius 3 is 2.70 bits per heavy atom. The van der Waals surface area contributed by atoms with Gasteiger partial charge >= 0.3 is 5.76 Å². The molecule has 0 radical (unpaired) electrons. The second kappa shape index (κ2) is 7.09. The lowest BCUT2D eigenvalue weighted by Gasteiger charge is -2.28. The average molecular weight is 431 g/mol. The van der Waals surface area contributed by atoms with E-state index in [1.165, 1.54) is 21.9 Å². The zero-order valence-electron chi connectivity index (χ0n) is 17.3. The van der Waals surface area contributed by atoms with Gasteiger partial charge in [-0.25, -0.2) is 13.2 Å². The summed E-state index contributed by atoms with van der Waals surface area (Å²) in [6, 6.07) is 4.61. The number of sulfonamides is 1. The monoisotopic (exact) mass is 430 g/mol. The third kappa shape index (κ3) is 3.02. The van der Waals surface area contributed by atoms with Gasteiger partial charge in [0.25, 0.3) is 0 Å². The van der Waals surface area contributed by atoms with Gasteiger partial charge in [-0.1, -0.05) is 12.8 Å². The molecule has 0 spiro atoms. The van der Waals surface area contributed by atoms with Crippen molar-refractivity contribution in [2.45, 2.75) is 62.4 Å². The Hall–Kier alpha value is -2.39. The summed E-state index contributed by atoms with van der Waals surface area (Å²) in [5, 5.41) is 4.67. The highest BCUT2D eigenvalue weighted by molar-refractivity contribution is 7.89. The van der Waals surface area contributed by atoms with Crippen molar-refractivity contribution >= 4 is 21.1 Å². The van der Waals surface area contributed by atoms with Crippen LogP contribution in [0.15, 0.2) is 32.3 Å². The Bertz CT molecular complexity index is 1280. The predicted molar refractivity (Wildman–Crippen MR) is 112 cm³/mol. The smallest absolute Gasteiger partial charge is 0.408 e. The molecule has 30 heavy (non-hydrogen) atoms. The maximum atomic E-state index is 13.8. The van der Waals surface area contributed by atoms with Crippen molar-refractivity contribution in [2.75, 3.05) is 0 Å². The number of oxazole rings is 1. The molecule has 0 bridgehead atoms. The van der Waals surface area contributed by atoms with Crippen molar-refractivity contribution in [3.63, 3.8) is 0 Å². The Balaban J connectivity index is 1.58. The van der Waals surface area contributed by atoms with E-state index in [9.17, 15) is 13.2 Å². The van der Waals surface area contributed by atoms with Crippen molar-refractivity contribution in [1.82, 2.24) is 18.7 Å².